The Morgan fingerprint density at radius 1 is 1.22 bits per heavy atom. The molecule has 32 heavy (non-hydrogen) atoms. The first-order valence-corrected chi connectivity index (χ1v) is 10.8. The van der Waals surface area contributed by atoms with E-state index in [0.717, 1.165) is 29.9 Å². The Hall–Kier alpha value is -3.40. The number of carbonyl (C=O) groups is 2. The second kappa shape index (κ2) is 9.39. The third-order valence-electron chi connectivity index (χ3n) is 5.95. The lowest BCUT2D eigenvalue weighted by Gasteiger charge is -2.27. The Morgan fingerprint density at radius 2 is 2.06 bits per heavy atom. The minimum Gasteiger partial charge on any atom is -0.481 e. The number of aromatic amines is 1. The molecule has 0 aromatic carbocycles. The number of pyridine rings is 2. The Bertz CT molecular complexity index is 1030. The number of aliphatic hydroxyl groups excluding tert-OH is 1. The van der Waals surface area contributed by atoms with Gasteiger partial charge in [-0.2, -0.15) is 0 Å². The summed E-state index contributed by atoms with van der Waals surface area (Å²) in [4.78, 5) is 46.1. The largest absolute Gasteiger partial charge is 0.481 e. The number of anilines is 1. The summed E-state index contributed by atoms with van der Waals surface area (Å²) in [7, 11) is 0. The van der Waals surface area contributed by atoms with E-state index in [9.17, 15) is 24.6 Å². The van der Waals surface area contributed by atoms with E-state index < -0.39 is 18.2 Å². The van der Waals surface area contributed by atoms with Gasteiger partial charge in [0.05, 0.1) is 12.5 Å². The number of aliphatic carboxylic acids is 1. The fourth-order valence-corrected chi connectivity index (χ4v) is 4.27. The molecule has 1 saturated heterocycles. The van der Waals surface area contributed by atoms with Crippen LogP contribution in [0.3, 0.4) is 0 Å². The van der Waals surface area contributed by atoms with Crippen LogP contribution in [0.5, 0.6) is 0 Å². The van der Waals surface area contributed by atoms with Gasteiger partial charge in [-0.1, -0.05) is 12.1 Å². The van der Waals surface area contributed by atoms with Crippen LogP contribution >= 0.6 is 0 Å². The molecule has 2 aliphatic heterocycles. The van der Waals surface area contributed by atoms with E-state index in [2.05, 4.69) is 15.3 Å². The molecule has 2 aromatic heterocycles. The first-order chi connectivity index (χ1) is 15.4. The van der Waals surface area contributed by atoms with E-state index >= 15 is 0 Å². The zero-order valence-corrected chi connectivity index (χ0v) is 17.7. The van der Waals surface area contributed by atoms with E-state index in [1.54, 1.807) is 15.9 Å². The quantitative estimate of drug-likeness (QED) is 0.485. The van der Waals surface area contributed by atoms with Gasteiger partial charge in [0.1, 0.15) is 12.0 Å². The van der Waals surface area contributed by atoms with E-state index in [1.807, 2.05) is 12.1 Å². The zero-order valence-electron chi connectivity index (χ0n) is 17.7. The smallest absolute Gasteiger partial charge is 0.320 e. The molecule has 10 heteroatoms. The number of rotatable bonds is 8. The van der Waals surface area contributed by atoms with Crippen LogP contribution in [0, 0.1) is 0 Å². The van der Waals surface area contributed by atoms with Gasteiger partial charge in [-0.15, -0.1) is 0 Å². The predicted molar refractivity (Wildman–Crippen MR) is 116 cm³/mol. The lowest BCUT2D eigenvalue weighted by Crippen LogP contribution is -2.36. The summed E-state index contributed by atoms with van der Waals surface area (Å²) in [6.45, 7) is 1.48. The van der Waals surface area contributed by atoms with Gasteiger partial charge in [-0.3, -0.25) is 9.59 Å². The number of nitrogens with zero attached hydrogens (tertiary/aromatic N) is 3. The molecule has 2 unspecified atom stereocenters. The number of carbonyl (C=O) groups excluding carboxylic acids is 1. The average Bonchev–Trinajstić information content (AvgIpc) is 3.12. The Labute approximate surface area is 184 Å². The molecule has 2 amide bonds. The number of aryl methyl sites for hydroxylation is 2. The third kappa shape index (κ3) is 4.91. The highest BCUT2D eigenvalue weighted by atomic mass is 16.4. The van der Waals surface area contributed by atoms with Gasteiger partial charge in [0.15, 0.2) is 0 Å². The van der Waals surface area contributed by atoms with Crippen molar-refractivity contribution in [2.24, 2.45) is 0 Å². The molecule has 4 N–H and O–H groups in total. The van der Waals surface area contributed by atoms with Gasteiger partial charge in [0, 0.05) is 37.6 Å². The maximum absolute atomic E-state index is 13.0. The lowest BCUT2D eigenvalue weighted by atomic mass is 10.0. The summed E-state index contributed by atoms with van der Waals surface area (Å²) >= 11 is 0. The molecule has 10 nitrogen and oxygen atoms in total. The minimum absolute atomic E-state index is 0.203. The van der Waals surface area contributed by atoms with Crippen molar-refractivity contribution in [1.82, 2.24) is 19.8 Å². The minimum atomic E-state index is -1.01. The van der Waals surface area contributed by atoms with E-state index in [-0.39, 0.29) is 18.0 Å². The number of H-pyrrole nitrogens is 1. The van der Waals surface area contributed by atoms with Crippen LogP contribution in [0.1, 0.15) is 42.1 Å². The van der Waals surface area contributed by atoms with Gasteiger partial charge in [0.2, 0.25) is 5.56 Å². The van der Waals surface area contributed by atoms with Crippen molar-refractivity contribution in [2.45, 2.75) is 44.4 Å². The number of amides is 2. The van der Waals surface area contributed by atoms with Crippen LogP contribution in [0.2, 0.25) is 0 Å². The first-order valence-electron chi connectivity index (χ1n) is 10.8. The van der Waals surface area contributed by atoms with Gasteiger partial charge >= 0.3 is 12.0 Å². The van der Waals surface area contributed by atoms with Crippen LogP contribution in [0.4, 0.5) is 10.6 Å². The van der Waals surface area contributed by atoms with Crippen LogP contribution in [0.15, 0.2) is 35.3 Å². The monoisotopic (exact) mass is 441 g/mol. The summed E-state index contributed by atoms with van der Waals surface area (Å²) in [5, 5.41) is 22.1. The second-order valence-electron chi connectivity index (χ2n) is 8.18. The molecule has 170 valence electrons. The molecule has 4 rings (SSSR count). The molecule has 0 saturated carbocycles. The Kier molecular flexibility index (Phi) is 6.40. The molecule has 0 radical (unpaired) electrons. The SMILES string of the molecule is O=C(O)CC(c1ccc(=O)[nH]c1)N1CCN(CCCc2ccc3c(n2)NC(O)CC3)C1=O. The molecular weight excluding hydrogens is 414 g/mol. The van der Waals surface area contributed by atoms with Crippen LogP contribution in [-0.4, -0.2) is 67.8 Å². The van der Waals surface area contributed by atoms with Crippen molar-refractivity contribution in [2.75, 3.05) is 25.0 Å². The highest BCUT2D eigenvalue weighted by molar-refractivity contribution is 5.78. The normalized spacial score (nSPS) is 18.9. The number of fused-ring (bicyclic) bond motifs is 1. The molecule has 0 aliphatic carbocycles. The number of nitrogens with one attached hydrogen (secondary N) is 2. The van der Waals surface area contributed by atoms with Crippen molar-refractivity contribution in [1.29, 1.82) is 0 Å². The fourth-order valence-electron chi connectivity index (χ4n) is 4.27. The molecule has 0 bridgehead atoms. The summed E-state index contributed by atoms with van der Waals surface area (Å²) in [6, 6.07) is 6.07. The lowest BCUT2D eigenvalue weighted by molar-refractivity contribution is -0.138. The van der Waals surface area contributed by atoms with Crippen molar-refractivity contribution >= 4 is 17.8 Å². The number of carboxylic acid groups (broad SMARTS) is 1. The highest BCUT2D eigenvalue weighted by Gasteiger charge is 2.35. The van der Waals surface area contributed by atoms with Crippen molar-refractivity contribution in [3.05, 3.63) is 57.6 Å². The molecule has 2 aromatic rings. The van der Waals surface area contributed by atoms with Crippen LogP contribution in [-0.2, 0) is 17.6 Å². The average molecular weight is 441 g/mol. The molecule has 1 fully saturated rings. The molecular formula is C22H27N5O5. The second-order valence-corrected chi connectivity index (χ2v) is 8.18. The maximum Gasteiger partial charge on any atom is 0.320 e. The van der Waals surface area contributed by atoms with Gasteiger partial charge in [0.25, 0.3) is 0 Å². The molecule has 2 aliphatic rings. The van der Waals surface area contributed by atoms with Crippen molar-refractivity contribution in [3.63, 3.8) is 0 Å². The van der Waals surface area contributed by atoms with Crippen molar-refractivity contribution in [3.8, 4) is 0 Å². The molecule has 4 heterocycles. The van der Waals surface area contributed by atoms with E-state index in [1.165, 1.54) is 12.3 Å². The fraction of sp³-hybridized carbons (Fsp3) is 0.455. The van der Waals surface area contributed by atoms with Crippen LogP contribution in [0.25, 0.3) is 0 Å². The zero-order chi connectivity index (χ0) is 22.7. The predicted octanol–water partition coefficient (Wildman–Crippen LogP) is 1.33. The van der Waals surface area contributed by atoms with Gasteiger partial charge < -0.3 is 30.3 Å². The summed E-state index contributed by atoms with van der Waals surface area (Å²) in [6.07, 6.45) is 3.54. The van der Waals surface area contributed by atoms with Crippen LogP contribution < -0.4 is 10.9 Å². The maximum atomic E-state index is 13.0. The topological polar surface area (TPSA) is 139 Å². The third-order valence-corrected chi connectivity index (χ3v) is 5.95. The summed E-state index contributed by atoms with van der Waals surface area (Å²) in [5.41, 5.74) is 2.30. The number of urea groups is 1. The van der Waals surface area contributed by atoms with Gasteiger partial charge in [-0.25, -0.2) is 9.78 Å². The molecule has 0 spiro atoms. The summed E-state index contributed by atoms with van der Waals surface area (Å²) < 4.78 is 0. The Balaban J connectivity index is 1.36. The number of hydrogen-bond donors (Lipinski definition) is 4. The van der Waals surface area contributed by atoms with Gasteiger partial charge in [-0.05, 0) is 42.9 Å². The molecule has 2 atom stereocenters. The number of aromatic nitrogens is 2. The van der Waals surface area contributed by atoms with Crippen molar-refractivity contribution < 1.29 is 19.8 Å². The first kappa shape index (κ1) is 21.8. The van der Waals surface area contributed by atoms with E-state index in [4.69, 9.17) is 0 Å². The summed E-state index contributed by atoms with van der Waals surface area (Å²) in [5.74, 6) is -0.285. The van der Waals surface area contributed by atoms with E-state index in [0.29, 0.717) is 38.0 Å². The Morgan fingerprint density at radius 3 is 2.81 bits per heavy atom. The number of hydrogen-bond acceptors (Lipinski definition) is 6. The number of aliphatic hydroxyl groups is 1. The number of carboxylic acids is 1. The highest BCUT2D eigenvalue weighted by Crippen LogP contribution is 2.28. The standard InChI is InChI=1S/C22H27N5O5/c28-18-7-5-15(13-23-18)17(12-20(30)31)27-11-10-26(22(27)32)9-1-2-16-6-3-14-4-8-19(29)25-21(14)24-16/h3,5-7,13,17,19,29H,1-2,4,8-12H2,(H,23,28)(H,24,25)(H,30,31).